The van der Waals surface area contributed by atoms with Gasteiger partial charge in [0.2, 0.25) is 5.95 Å². The van der Waals surface area contributed by atoms with Crippen LogP contribution in [0.15, 0.2) is 65.8 Å². The van der Waals surface area contributed by atoms with Crippen LogP contribution in [0.2, 0.25) is 0 Å². The van der Waals surface area contributed by atoms with Crippen LogP contribution in [0.3, 0.4) is 0 Å². The Morgan fingerprint density at radius 2 is 1.94 bits per heavy atom. The number of aryl methyl sites for hydroxylation is 1. The fraction of sp³-hybridized carbons (Fsp3) is 0.200. The largest absolute Gasteiger partial charge is 0.493 e. The molecule has 2 aromatic heterocycles. The van der Waals surface area contributed by atoms with E-state index in [0.717, 1.165) is 33.7 Å². The summed E-state index contributed by atoms with van der Waals surface area (Å²) in [6.45, 7) is 2.09. The Morgan fingerprint density at radius 1 is 1.06 bits per heavy atom. The van der Waals surface area contributed by atoms with Gasteiger partial charge in [0.05, 0.1) is 19.9 Å². The van der Waals surface area contributed by atoms with Crippen molar-refractivity contribution in [1.82, 2.24) is 14.8 Å². The molecule has 4 heterocycles. The molecule has 0 spiro atoms. The molecule has 0 aliphatic carbocycles. The SMILES string of the molecule is COc1ccc(C2Oc3ccc(C)cc3C3=C2C(c2cccs2)n2ncnc2N3)cc1OC. The number of aromatic nitrogens is 3. The van der Waals surface area contributed by atoms with Crippen molar-refractivity contribution in [3.8, 4) is 17.2 Å². The molecule has 0 fully saturated rings. The molecule has 33 heavy (non-hydrogen) atoms. The third-order valence-corrected chi connectivity index (χ3v) is 7.02. The lowest BCUT2D eigenvalue weighted by Gasteiger charge is -2.38. The number of nitrogens with zero attached hydrogens (tertiary/aromatic N) is 3. The molecule has 7 nitrogen and oxygen atoms in total. The van der Waals surface area contributed by atoms with Crippen molar-refractivity contribution in [2.75, 3.05) is 19.5 Å². The molecule has 4 aromatic rings. The number of nitrogens with one attached hydrogen (secondary N) is 1. The van der Waals surface area contributed by atoms with E-state index in [2.05, 4.69) is 52.0 Å². The average molecular weight is 459 g/mol. The van der Waals surface area contributed by atoms with Gasteiger partial charge in [-0.05, 0) is 42.6 Å². The van der Waals surface area contributed by atoms with Crippen LogP contribution in [0.4, 0.5) is 5.95 Å². The standard InChI is InChI=1S/C25H22N4O3S/c1-14-6-8-17-16(11-14)22-21(24(32-17)15-7-9-18(30-2)19(12-15)31-3)23(20-5-4-10-33-20)29-25(28-22)26-13-27-29/h4-13,23-24H,1-3H3,(H,26,27,28). The normalized spacial score (nSPS) is 18.5. The van der Waals surface area contributed by atoms with Crippen LogP contribution in [0.1, 0.15) is 33.7 Å². The third kappa shape index (κ3) is 3.09. The summed E-state index contributed by atoms with van der Waals surface area (Å²) >= 11 is 1.70. The number of hydrogen-bond donors (Lipinski definition) is 1. The number of rotatable bonds is 4. The van der Waals surface area contributed by atoms with Gasteiger partial charge in [0.15, 0.2) is 11.5 Å². The van der Waals surface area contributed by atoms with Gasteiger partial charge >= 0.3 is 0 Å². The number of thiophene rings is 1. The molecule has 2 unspecified atom stereocenters. The summed E-state index contributed by atoms with van der Waals surface area (Å²) in [5.74, 6) is 2.88. The fourth-order valence-corrected chi connectivity index (χ4v) is 5.42. The molecule has 0 saturated heterocycles. The van der Waals surface area contributed by atoms with Crippen LogP contribution < -0.4 is 19.5 Å². The lowest BCUT2D eigenvalue weighted by atomic mass is 9.86. The van der Waals surface area contributed by atoms with E-state index in [0.29, 0.717) is 17.4 Å². The Hall–Kier alpha value is -3.78. The lowest BCUT2D eigenvalue weighted by molar-refractivity contribution is 0.222. The Bertz CT molecular complexity index is 1380. The van der Waals surface area contributed by atoms with Crippen LogP contribution in [0.25, 0.3) is 5.70 Å². The lowest BCUT2D eigenvalue weighted by Crippen LogP contribution is -2.32. The van der Waals surface area contributed by atoms with Gasteiger partial charge in [0.1, 0.15) is 24.2 Å². The quantitative estimate of drug-likeness (QED) is 0.452. The zero-order chi connectivity index (χ0) is 22.5. The van der Waals surface area contributed by atoms with Crippen molar-refractivity contribution in [3.05, 3.63) is 87.4 Å². The summed E-state index contributed by atoms with van der Waals surface area (Å²) in [4.78, 5) is 5.65. The maximum absolute atomic E-state index is 6.68. The van der Waals surface area contributed by atoms with Crippen LogP contribution in [-0.2, 0) is 0 Å². The van der Waals surface area contributed by atoms with Gasteiger partial charge in [-0.1, -0.05) is 23.8 Å². The molecule has 2 atom stereocenters. The van der Waals surface area contributed by atoms with E-state index in [1.807, 2.05) is 28.9 Å². The number of ether oxygens (including phenoxy) is 3. The summed E-state index contributed by atoms with van der Waals surface area (Å²) in [5, 5.41) is 10.2. The Kier molecular flexibility index (Phi) is 4.62. The first-order valence-electron chi connectivity index (χ1n) is 10.6. The molecule has 2 aromatic carbocycles. The monoisotopic (exact) mass is 458 g/mol. The van der Waals surface area contributed by atoms with Crippen molar-refractivity contribution >= 4 is 23.0 Å². The minimum Gasteiger partial charge on any atom is -0.493 e. The molecule has 0 amide bonds. The highest BCUT2D eigenvalue weighted by Crippen LogP contribution is 2.51. The van der Waals surface area contributed by atoms with Crippen molar-refractivity contribution in [2.45, 2.75) is 19.1 Å². The Labute approximate surface area is 195 Å². The van der Waals surface area contributed by atoms with Crippen molar-refractivity contribution < 1.29 is 14.2 Å². The molecule has 0 radical (unpaired) electrons. The molecule has 1 N–H and O–H groups in total. The van der Waals surface area contributed by atoms with Crippen LogP contribution in [0, 0.1) is 6.92 Å². The van der Waals surface area contributed by atoms with E-state index in [4.69, 9.17) is 14.2 Å². The van der Waals surface area contributed by atoms with Gasteiger partial charge in [-0.2, -0.15) is 10.1 Å². The minimum absolute atomic E-state index is 0.148. The number of methoxy groups -OCH3 is 2. The molecule has 166 valence electrons. The van der Waals surface area contributed by atoms with Gasteiger partial charge in [0, 0.05) is 21.6 Å². The molecular weight excluding hydrogens is 436 g/mol. The Morgan fingerprint density at radius 3 is 2.73 bits per heavy atom. The van der Waals surface area contributed by atoms with Crippen molar-refractivity contribution in [3.63, 3.8) is 0 Å². The zero-order valence-corrected chi connectivity index (χ0v) is 19.2. The van der Waals surface area contributed by atoms with E-state index in [1.54, 1.807) is 31.9 Å². The maximum Gasteiger partial charge on any atom is 0.226 e. The van der Waals surface area contributed by atoms with Crippen LogP contribution >= 0.6 is 11.3 Å². The maximum atomic E-state index is 6.68. The zero-order valence-electron chi connectivity index (χ0n) is 18.4. The molecule has 0 bridgehead atoms. The van der Waals surface area contributed by atoms with Crippen LogP contribution in [-0.4, -0.2) is 29.0 Å². The fourth-order valence-electron chi connectivity index (χ4n) is 4.59. The number of fused-ring (bicyclic) bond motifs is 3. The first kappa shape index (κ1) is 19.9. The first-order valence-corrected chi connectivity index (χ1v) is 11.5. The second kappa shape index (κ2) is 7.67. The first-order chi connectivity index (χ1) is 16.2. The number of anilines is 1. The highest BCUT2D eigenvalue weighted by molar-refractivity contribution is 7.10. The van der Waals surface area contributed by atoms with Crippen molar-refractivity contribution in [1.29, 1.82) is 0 Å². The molecule has 8 heteroatoms. The third-order valence-electron chi connectivity index (χ3n) is 6.09. The molecular formula is C25H22N4O3S. The van der Waals surface area contributed by atoms with Gasteiger partial charge in [-0.3, -0.25) is 0 Å². The highest BCUT2D eigenvalue weighted by atomic mass is 32.1. The van der Waals surface area contributed by atoms with E-state index in [9.17, 15) is 0 Å². The Balaban J connectivity index is 1.61. The molecule has 0 saturated carbocycles. The number of hydrogen-bond acceptors (Lipinski definition) is 7. The summed E-state index contributed by atoms with van der Waals surface area (Å²) in [6.07, 6.45) is 1.23. The number of benzene rings is 2. The summed E-state index contributed by atoms with van der Waals surface area (Å²) in [7, 11) is 3.28. The second-order valence-corrected chi connectivity index (χ2v) is 8.99. The van der Waals surface area contributed by atoms with Crippen molar-refractivity contribution in [2.24, 2.45) is 0 Å². The summed E-state index contributed by atoms with van der Waals surface area (Å²) < 4.78 is 19.7. The van der Waals surface area contributed by atoms with Gasteiger partial charge < -0.3 is 19.5 Å². The predicted molar refractivity (Wildman–Crippen MR) is 127 cm³/mol. The van der Waals surface area contributed by atoms with E-state index in [-0.39, 0.29) is 12.1 Å². The van der Waals surface area contributed by atoms with Gasteiger partial charge in [-0.25, -0.2) is 4.68 Å². The molecule has 2 aliphatic rings. The predicted octanol–water partition coefficient (Wildman–Crippen LogP) is 5.23. The summed E-state index contributed by atoms with van der Waals surface area (Å²) in [6, 6.07) is 16.2. The smallest absolute Gasteiger partial charge is 0.226 e. The minimum atomic E-state index is -0.355. The second-order valence-electron chi connectivity index (χ2n) is 8.01. The van der Waals surface area contributed by atoms with E-state index < -0.39 is 0 Å². The van der Waals surface area contributed by atoms with Gasteiger partial charge in [-0.15, -0.1) is 11.3 Å². The average Bonchev–Trinajstić information content (AvgIpc) is 3.54. The van der Waals surface area contributed by atoms with E-state index in [1.165, 1.54) is 4.88 Å². The molecule has 2 aliphatic heterocycles. The topological polar surface area (TPSA) is 70.4 Å². The summed E-state index contributed by atoms with van der Waals surface area (Å²) in [5.41, 5.74) is 5.26. The molecule has 6 rings (SSSR count). The van der Waals surface area contributed by atoms with E-state index >= 15 is 0 Å². The van der Waals surface area contributed by atoms with Crippen LogP contribution in [0.5, 0.6) is 17.2 Å². The van der Waals surface area contributed by atoms with Gasteiger partial charge in [0.25, 0.3) is 0 Å². The highest BCUT2D eigenvalue weighted by Gasteiger charge is 2.41.